The van der Waals surface area contributed by atoms with Crippen LogP contribution >= 0.6 is 0 Å². The van der Waals surface area contributed by atoms with Crippen LogP contribution in [0.1, 0.15) is 78.1 Å². The minimum atomic E-state index is -0.409. The maximum Gasteiger partial charge on any atom is 0.312 e. The molecule has 0 heterocycles. The second kappa shape index (κ2) is 11.7. The highest BCUT2D eigenvalue weighted by Gasteiger charge is 2.02. The number of rotatable bonds is 11. The molecule has 0 aromatic rings. The standard InChI is InChI=1S/C14H30N2O/c1-3-4-5-6-7-8-9-10-11-12-13(2)16-14(15)17/h13H,3-12H2,1-2H3,(H3,15,16,17). The summed E-state index contributed by atoms with van der Waals surface area (Å²) >= 11 is 0. The van der Waals surface area contributed by atoms with Crippen molar-refractivity contribution >= 4 is 6.03 Å². The van der Waals surface area contributed by atoms with Gasteiger partial charge in [0, 0.05) is 6.04 Å². The number of amides is 2. The van der Waals surface area contributed by atoms with Crippen molar-refractivity contribution in [2.75, 3.05) is 0 Å². The van der Waals surface area contributed by atoms with Crippen LogP contribution in [0.15, 0.2) is 0 Å². The van der Waals surface area contributed by atoms with E-state index in [-0.39, 0.29) is 6.04 Å². The number of nitrogens with two attached hydrogens (primary N) is 1. The van der Waals surface area contributed by atoms with Crippen LogP contribution in [0.25, 0.3) is 0 Å². The van der Waals surface area contributed by atoms with Crippen LogP contribution in [0, 0.1) is 0 Å². The van der Waals surface area contributed by atoms with Crippen LogP contribution in [-0.2, 0) is 0 Å². The second-order valence-electron chi connectivity index (χ2n) is 5.03. The highest BCUT2D eigenvalue weighted by Crippen LogP contribution is 2.11. The quantitative estimate of drug-likeness (QED) is 0.529. The van der Waals surface area contributed by atoms with Gasteiger partial charge in [-0.3, -0.25) is 0 Å². The molecule has 0 rings (SSSR count). The maximum atomic E-state index is 10.6. The van der Waals surface area contributed by atoms with E-state index < -0.39 is 6.03 Å². The Morgan fingerprint density at radius 2 is 1.47 bits per heavy atom. The Morgan fingerprint density at radius 1 is 1.00 bits per heavy atom. The molecule has 0 spiro atoms. The molecule has 3 nitrogen and oxygen atoms in total. The summed E-state index contributed by atoms with van der Waals surface area (Å²) in [4.78, 5) is 10.6. The van der Waals surface area contributed by atoms with E-state index in [4.69, 9.17) is 5.73 Å². The molecule has 0 aromatic heterocycles. The van der Waals surface area contributed by atoms with Gasteiger partial charge in [-0.05, 0) is 13.3 Å². The zero-order chi connectivity index (χ0) is 12.9. The van der Waals surface area contributed by atoms with Gasteiger partial charge in [-0.25, -0.2) is 4.79 Å². The number of carbonyl (C=O) groups excluding carboxylic acids is 1. The van der Waals surface area contributed by atoms with Crippen molar-refractivity contribution in [3.63, 3.8) is 0 Å². The van der Waals surface area contributed by atoms with Crippen LogP contribution in [0.3, 0.4) is 0 Å². The van der Waals surface area contributed by atoms with E-state index in [1.807, 2.05) is 6.92 Å². The van der Waals surface area contributed by atoms with Gasteiger partial charge in [-0.2, -0.15) is 0 Å². The van der Waals surface area contributed by atoms with Crippen molar-refractivity contribution < 1.29 is 4.79 Å². The SMILES string of the molecule is CCCCCCCCCCCC(C)NC(N)=O. The third-order valence-electron chi connectivity index (χ3n) is 3.13. The van der Waals surface area contributed by atoms with Gasteiger partial charge in [0.15, 0.2) is 0 Å². The van der Waals surface area contributed by atoms with E-state index >= 15 is 0 Å². The molecule has 0 fully saturated rings. The van der Waals surface area contributed by atoms with Gasteiger partial charge in [0.1, 0.15) is 0 Å². The molecule has 3 N–H and O–H groups in total. The van der Waals surface area contributed by atoms with E-state index in [1.54, 1.807) is 0 Å². The zero-order valence-corrected chi connectivity index (χ0v) is 11.6. The molecule has 0 aliphatic rings. The van der Waals surface area contributed by atoms with Crippen LogP contribution in [0.4, 0.5) is 4.79 Å². The molecule has 0 aliphatic heterocycles. The normalized spacial score (nSPS) is 12.4. The molecule has 0 aromatic carbocycles. The predicted octanol–water partition coefficient (Wildman–Crippen LogP) is 3.96. The van der Waals surface area contributed by atoms with E-state index in [1.165, 1.54) is 57.8 Å². The third kappa shape index (κ3) is 13.2. The molecule has 0 aliphatic carbocycles. The zero-order valence-electron chi connectivity index (χ0n) is 11.6. The lowest BCUT2D eigenvalue weighted by molar-refractivity contribution is 0.245. The molecule has 3 heteroatoms. The summed E-state index contributed by atoms with van der Waals surface area (Å²) in [7, 11) is 0. The van der Waals surface area contributed by atoms with Gasteiger partial charge in [-0.15, -0.1) is 0 Å². The molecule has 2 amide bonds. The molecular formula is C14H30N2O. The lowest BCUT2D eigenvalue weighted by atomic mass is 10.0. The summed E-state index contributed by atoms with van der Waals surface area (Å²) < 4.78 is 0. The largest absolute Gasteiger partial charge is 0.352 e. The Labute approximate surface area is 107 Å². The molecule has 0 saturated carbocycles. The van der Waals surface area contributed by atoms with Gasteiger partial charge >= 0.3 is 6.03 Å². The minimum Gasteiger partial charge on any atom is -0.352 e. The average Bonchev–Trinajstić information content (AvgIpc) is 2.26. The predicted molar refractivity (Wildman–Crippen MR) is 74.0 cm³/mol. The molecule has 1 atom stereocenters. The van der Waals surface area contributed by atoms with E-state index in [0.717, 1.165) is 6.42 Å². The van der Waals surface area contributed by atoms with Crippen LogP contribution in [0.5, 0.6) is 0 Å². The van der Waals surface area contributed by atoms with Gasteiger partial charge in [0.05, 0.1) is 0 Å². The van der Waals surface area contributed by atoms with E-state index in [9.17, 15) is 4.79 Å². The molecule has 17 heavy (non-hydrogen) atoms. The monoisotopic (exact) mass is 242 g/mol. The van der Waals surface area contributed by atoms with E-state index in [0.29, 0.717) is 0 Å². The number of carbonyl (C=O) groups is 1. The fraction of sp³-hybridized carbons (Fsp3) is 0.929. The lowest BCUT2D eigenvalue weighted by Crippen LogP contribution is -2.36. The van der Waals surface area contributed by atoms with Gasteiger partial charge in [0.2, 0.25) is 0 Å². The molecular weight excluding hydrogens is 212 g/mol. The summed E-state index contributed by atoms with van der Waals surface area (Å²) in [6, 6.07) is -0.189. The van der Waals surface area contributed by atoms with Gasteiger partial charge < -0.3 is 11.1 Å². The summed E-state index contributed by atoms with van der Waals surface area (Å²) in [5, 5.41) is 2.71. The number of hydrogen-bond donors (Lipinski definition) is 2. The Kier molecular flexibility index (Phi) is 11.2. The van der Waals surface area contributed by atoms with Crippen LogP contribution in [-0.4, -0.2) is 12.1 Å². The summed E-state index contributed by atoms with van der Waals surface area (Å²) in [5.41, 5.74) is 5.05. The average molecular weight is 242 g/mol. The first-order chi connectivity index (χ1) is 8.16. The number of urea groups is 1. The highest BCUT2D eigenvalue weighted by atomic mass is 16.2. The Morgan fingerprint density at radius 3 is 1.94 bits per heavy atom. The van der Waals surface area contributed by atoms with Crippen molar-refractivity contribution in [1.29, 1.82) is 0 Å². The molecule has 0 bridgehead atoms. The third-order valence-corrected chi connectivity index (χ3v) is 3.13. The van der Waals surface area contributed by atoms with Crippen LogP contribution < -0.4 is 11.1 Å². The molecule has 0 saturated heterocycles. The Bertz CT molecular complexity index is 183. The number of nitrogens with one attached hydrogen (secondary N) is 1. The number of unbranched alkanes of at least 4 members (excludes halogenated alkanes) is 8. The fourth-order valence-corrected chi connectivity index (χ4v) is 2.08. The fourth-order valence-electron chi connectivity index (χ4n) is 2.08. The highest BCUT2D eigenvalue weighted by molar-refractivity contribution is 5.71. The first-order valence-corrected chi connectivity index (χ1v) is 7.22. The topological polar surface area (TPSA) is 55.1 Å². The maximum absolute atomic E-state index is 10.6. The van der Waals surface area contributed by atoms with Crippen molar-refractivity contribution in [3.05, 3.63) is 0 Å². The molecule has 1 unspecified atom stereocenters. The number of hydrogen-bond acceptors (Lipinski definition) is 1. The Balaban J connectivity index is 3.10. The molecule has 102 valence electrons. The summed E-state index contributed by atoms with van der Waals surface area (Å²) in [6.45, 7) is 4.26. The van der Waals surface area contributed by atoms with Gasteiger partial charge in [0.25, 0.3) is 0 Å². The van der Waals surface area contributed by atoms with Crippen LogP contribution in [0.2, 0.25) is 0 Å². The summed E-state index contributed by atoms with van der Waals surface area (Å²) in [5.74, 6) is 0. The van der Waals surface area contributed by atoms with Crippen molar-refractivity contribution in [2.24, 2.45) is 5.73 Å². The Hall–Kier alpha value is -0.730. The smallest absolute Gasteiger partial charge is 0.312 e. The first kappa shape index (κ1) is 16.3. The summed E-state index contributed by atoms with van der Waals surface area (Å²) in [6.07, 6.45) is 13.1. The first-order valence-electron chi connectivity index (χ1n) is 7.22. The van der Waals surface area contributed by atoms with Gasteiger partial charge in [-0.1, -0.05) is 64.7 Å². The van der Waals surface area contributed by atoms with Crippen molar-refractivity contribution in [3.8, 4) is 0 Å². The van der Waals surface area contributed by atoms with E-state index in [2.05, 4.69) is 12.2 Å². The lowest BCUT2D eigenvalue weighted by Gasteiger charge is -2.11. The minimum absolute atomic E-state index is 0.219. The van der Waals surface area contributed by atoms with Crippen molar-refractivity contribution in [2.45, 2.75) is 84.1 Å². The molecule has 0 radical (unpaired) electrons. The van der Waals surface area contributed by atoms with Crippen molar-refractivity contribution in [1.82, 2.24) is 5.32 Å². The second-order valence-corrected chi connectivity index (χ2v) is 5.03. The number of primary amides is 1.